The van der Waals surface area contributed by atoms with Crippen LogP contribution in [0.5, 0.6) is 0 Å². The lowest BCUT2D eigenvalue weighted by molar-refractivity contribution is 0.0671. The maximum Gasteiger partial charge on any atom is 0.222 e. The fraction of sp³-hybridized carbons (Fsp3) is 0.333. The summed E-state index contributed by atoms with van der Waals surface area (Å²) in [4.78, 5) is 13.5. The molecule has 0 aromatic heterocycles. The Morgan fingerprint density at radius 3 is 2.34 bits per heavy atom. The Morgan fingerprint density at radius 1 is 1.03 bits per heavy atom. The first kappa shape index (κ1) is 21.0. The molecule has 1 atom stereocenters. The Hall–Kier alpha value is -2.77. The van der Waals surface area contributed by atoms with Gasteiger partial charge in [-0.1, -0.05) is 24.3 Å². The maximum atomic E-state index is 6.11. The van der Waals surface area contributed by atoms with E-state index in [4.69, 9.17) is 10.5 Å². The molecule has 2 heterocycles. The van der Waals surface area contributed by atoms with E-state index < -0.39 is 0 Å². The number of para-hydroxylation sites is 1. The Morgan fingerprint density at radius 2 is 1.69 bits per heavy atom. The van der Waals surface area contributed by atoms with Gasteiger partial charge in [-0.15, -0.1) is 12.4 Å². The second-order valence-corrected chi connectivity index (χ2v) is 7.10. The topological polar surface area (TPSA) is 78.5 Å². The first-order valence-electron chi connectivity index (χ1n) is 9.54. The number of nitrogens with two attached hydrogens (primary N) is 1. The van der Waals surface area contributed by atoms with Gasteiger partial charge in [0.1, 0.15) is 0 Å². The molecule has 0 spiro atoms. The standard InChI is InChI=1S/C21H26N6O.ClH/c1-15-12-16(2)14-17(13-15)23-20-24-19(22)25-21(26-8-10-28-11-9-26)27(20)18-6-4-3-5-7-18;/h3-7,12-14,20,23H,8-11H2,1-2H3,(H2,22,24);1H. The molecule has 0 bridgehead atoms. The number of aliphatic imine (C=N–C) groups is 2. The summed E-state index contributed by atoms with van der Waals surface area (Å²) >= 11 is 0. The molecule has 29 heavy (non-hydrogen) atoms. The number of halogens is 1. The molecule has 2 aliphatic rings. The number of morpholine rings is 1. The summed E-state index contributed by atoms with van der Waals surface area (Å²) in [7, 11) is 0. The molecule has 3 N–H and O–H groups in total. The van der Waals surface area contributed by atoms with Gasteiger partial charge in [-0.25, -0.2) is 4.99 Å². The smallest absolute Gasteiger partial charge is 0.222 e. The summed E-state index contributed by atoms with van der Waals surface area (Å²) in [6.45, 7) is 7.07. The minimum Gasteiger partial charge on any atom is -0.378 e. The highest BCUT2D eigenvalue weighted by Gasteiger charge is 2.31. The van der Waals surface area contributed by atoms with E-state index in [2.05, 4.69) is 69.3 Å². The molecule has 154 valence electrons. The van der Waals surface area contributed by atoms with Gasteiger partial charge < -0.3 is 20.7 Å². The van der Waals surface area contributed by atoms with Crippen LogP contribution < -0.4 is 16.0 Å². The monoisotopic (exact) mass is 414 g/mol. The van der Waals surface area contributed by atoms with Crippen LogP contribution in [0.2, 0.25) is 0 Å². The molecule has 8 heteroatoms. The minimum absolute atomic E-state index is 0. The molecule has 1 unspecified atom stereocenters. The lowest BCUT2D eigenvalue weighted by Crippen LogP contribution is -2.57. The van der Waals surface area contributed by atoms with Crippen LogP contribution in [0.4, 0.5) is 11.4 Å². The molecule has 0 radical (unpaired) electrons. The van der Waals surface area contributed by atoms with Gasteiger partial charge in [0.2, 0.25) is 18.2 Å². The number of nitrogens with one attached hydrogen (secondary N) is 1. The number of hydrogen-bond donors (Lipinski definition) is 2. The second-order valence-electron chi connectivity index (χ2n) is 7.10. The van der Waals surface area contributed by atoms with Crippen LogP contribution in [0.3, 0.4) is 0 Å². The van der Waals surface area contributed by atoms with Crippen LogP contribution in [0.15, 0.2) is 58.5 Å². The third-order valence-electron chi connectivity index (χ3n) is 4.77. The molecule has 2 aromatic carbocycles. The Labute approximate surface area is 177 Å². The van der Waals surface area contributed by atoms with E-state index >= 15 is 0 Å². The van der Waals surface area contributed by atoms with Crippen molar-refractivity contribution in [2.75, 3.05) is 36.5 Å². The summed E-state index contributed by atoms with van der Waals surface area (Å²) in [6.07, 6.45) is -0.390. The first-order chi connectivity index (χ1) is 13.6. The molecule has 4 rings (SSSR count). The van der Waals surface area contributed by atoms with E-state index in [1.54, 1.807) is 0 Å². The number of nitrogens with zero attached hydrogens (tertiary/aromatic N) is 4. The van der Waals surface area contributed by atoms with E-state index in [-0.39, 0.29) is 24.7 Å². The van der Waals surface area contributed by atoms with Crippen LogP contribution in [-0.4, -0.2) is 49.4 Å². The number of ether oxygens (including phenoxy) is 1. The molecule has 0 aliphatic carbocycles. The zero-order valence-electron chi connectivity index (χ0n) is 16.7. The Kier molecular flexibility index (Phi) is 6.61. The van der Waals surface area contributed by atoms with Gasteiger partial charge in [0.15, 0.2) is 0 Å². The highest BCUT2D eigenvalue weighted by Crippen LogP contribution is 2.25. The van der Waals surface area contributed by atoms with Crippen LogP contribution in [0.1, 0.15) is 11.1 Å². The van der Waals surface area contributed by atoms with Gasteiger partial charge in [0.25, 0.3) is 0 Å². The van der Waals surface area contributed by atoms with Crippen molar-refractivity contribution in [2.24, 2.45) is 15.7 Å². The van der Waals surface area contributed by atoms with Crippen LogP contribution in [0.25, 0.3) is 0 Å². The van der Waals surface area contributed by atoms with Gasteiger partial charge in [-0.05, 0) is 49.2 Å². The lowest BCUT2D eigenvalue weighted by atomic mass is 10.1. The number of anilines is 2. The van der Waals surface area contributed by atoms with Crippen molar-refractivity contribution in [1.82, 2.24) is 4.90 Å². The van der Waals surface area contributed by atoms with E-state index in [0.29, 0.717) is 13.2 Å². The third kappa shape index (κ3) is 4.81. The van der Waals surface area contributed by atoms with Gasteiger partial charge in [0, 0.05) is 24.5 Å². The van der Waals surface area contributed by atoms with E-state index in [1.165, 1.54) is 11.1 Å². The average Bonchev–Trinajstić information content (AvgIpc) is 2.68. The molecule has 1 fully saturated rings. The highest BCUT2D eigenvalue weighted by molar-refractivity contribution is 6.06. The molecule has 2 aliphatic heterocycles. The van der Waals surface area contributed by atoms with Crippen molar-refractivity contribution < 1.29 is 4.74 Å². The zero-order valence-corrected chi connectivity index (χ0v) is 17.5. The number of benzene rings is 2. The molecular formula is C21H27ClN6O. The Balaban J connectivity index is 0.00000240. The highest BCUT2D eigenvalue weighted by atomic mass is 35.5. The van der Waals surface area contributed by atoms with Crippen molar-refractivity contribution in [1.29, 1.82) is 0 Å². The SMILES string of the molecule is Cc1cc(C)cc(NC2N=C(N)N=C(N3CCOCC3)N2c2ccccc2)c1.Cl. The predicted octanol–water partition coefficient (Wildman–Crippen LogP) is 2.94. The van der Waals surface area contributed by atoms with Crippen LogP contribution in [-0.2, 0) is 4.74 Å². The predicted molar refractivity (Wildman–Crippen MR) is 121 cm³/mol. The summed E-state index contributed by atoms with van der Waals surface area (Å²) < 4.78 is 5.51. The summed E-state index contributed by atoms with van der Waals surface area (Å²) in [5, 5.41) is 3.53. The molecule has 2 aromatic rings. The minimum atomic E-state index is -0.390. The molecule has 0 amide bonds. The van der Waals surface area contributed by atoms with Gasteiger partial charge >= 0.3 is 0 Å². The third-order valence-corrected chi connectivity index (χ3v) is 4.77. The molecule has 0 saturated carbocycles. The fourth-order valence-electron chi connectivity index (χ4n) is 3.61. The molecule has 1 saturated heterocycles. The van der Waals surface area contributed by atoms with Gasteiger partial charge in [-0.2, -0.15) is 4.99 Å². The van der Waals surface area contributed by atoms with Crippen LogP contribution >= 0.6 is 12.4 Å². The number of aryl methyl sites for hydroxylation is 2. The van der Waals surface area contributed by atoms with Crippen molar-refractivity contribution >= 4 is 35.7 Å². The number of hydrogen-bond acceptors (Lipinski definition) is 7. The van der Waals surface area contributed by atoms with E-state index in [0.717, 1.165) is 30.4 Å². The summed E-state index contributed by atoms with van der Waals surface area (Å²) in [5.41, 5.74) is 10.5. The second kappa shape index (κ2) is 9.15. The largest absolute Gasteiger partial charge is 0.378 e. The number of guanidine groups is 2. The van der Waals surface area contributed by atoms with Crippen molar-refractivity contribution in [3.63, 3.8) is 0 Å². The van der Waals surface area contributed by atoms with Crippen LogP contribution in [0, 0.1) is 13.8 Å². The number of rotatable bonds is 3. The molecular weight excluding hydrogens is 388 g/mol. The lowest BCUT2D eigenvalue weighted by Gasteiger charge is -2.41. The van der Waals surface area contributed by atoms with Crippen molar-refractivity contribution in [2.45, 2.75) is 20.1 Å². The van der Waals surface area contributed by atoms with Crippen molar-refractivity contribution in [3.05, 3.63) is 59.7 Å². The normalized spacial score (nSPS) is 19.2. The van der Waals surface area contributed by atoms with Gasteiger partial charge in [-0.3, -0.25) is 4.90 Å². The van der Waals surface area contributed by atoms with E-state index in [9.17, 15) is 0 Å². The quantitative estimate of drug-likeness (QED) is 0.807. The average molecular weight is 415 g/mol. The fourth-order valence-corrected chi connectivity index (χ4v) is 3.61. The zero-order chi connectivity index (χ0) is 19.5. The summed E-state index contributed by atoms with van der Waals surface area (Å²) in [6, 6.07) is 16.5. The first-order valence-corrected chi connectivity index (χ1v) is 9.54. The maximum absolute atomic E-state index is 6.11. The van der Waals surface area contributed by atoms with Gasteiger partial charge in [0.05, 0.1) is 13.2 Å². The van der Waals surface area contributed by atoms with E-state index in [1.807, 2.05) is 18.2 Å². The Bertz CT molecular complexity index is 875. The molecule has 7 nitrogen and oxygen atoms in total. The van der Waals surface area contributed by atoms with Crippen molar-refractivity contribution in [3.8, 4) is 0 Å². The summed E-state index contributed by atoms with van der Waals surface area (Å²) in [5.74, 6) is 1.07.